The summed E-state index contributed by atoms with van der Waals surface area (Å²) in [5.74, 6) is -0.292. The zero-order chi connectivity index (χ0) is 13.9. The quantitative estimate of drug-likeness (QED) is 0.783. The molecule has 5 heteroatoms. The first-order valence-corrected chi connectivity index (χ1v) is 6.38. The molecule has 98 valence electrons. The molecule has 1 aromatic carbocycles. The minimum atomic E-state index is -0.292. The van der Waals surface area contributed by atoms with E-state index in [9.17, 15) is 4.79 Å². The minimum absolute atomic E-state index is 0.292. The molecule has 1 N–H and O–H groups in total. The first-order chi connectivity index (χ1) is 9.75. The molecule has 4 nitrogen and oxygen atoms in total. The van der Waals surface area contributed by atoms with Gasteiger partial charge in [-0.15, -0.1) is 0 Å². The van der Waals surface area contributed by atoms with Gasteiger partial charge in [0.05, 0.1) is 21.8 Å². The number of rotatable bonds is 2. The number of carbonyl (C=O) groups excluding carboxylic acids is 1. The Morgan fingerprint density at radius 2 is 2.00 bits per heavy atom. The third kappa shape index (κ3) is 2.33. The summed E-state index contributed by atoms with van der Waals surface area (Å²) in [6, 6.07) is 10.9. The summed E-state index contributed by atoms with van der Waals surface area (Å²) in [7, 11) is 0. The summed E-state index contributed by atoms with van der Waals surface area (Å²) in [5.41, 5.74) is 1.86. The molecule has 0 aliphatic rings. The van der Waals surface area contributed by atoms with Crippen molar-refractivity contribution in [2.24, 2.45) is 0 Å². The number of benzene rings is 1. The van der Waals surface area contributed by atoms with Crippen LogP contribution in [0.15, 0.2) is 55.0 Å². The number of anilines is 1. The van der Waals surface area contributed by atoms with Gasteiger partial charge in [0.15, 0.2) is 0 Å². The second-order valence-corrected chi connectivity index (χ2v) is 4.59. The lowest BCUT2D eigenvalue weighted by Gasteiger charge is -2.08. The van der Waals surface area contributed by atoms with Crippen LogP contribution < -0.4 is 5.32 Å². The number of halogens is 1. The average molecular weight is 284 g/mol. The maximum atomic E-state index is 12.2. The smallest absolute Gasteiger partial charge is 0.258 e. The monoisotopic (exact) mass is 283 g/mol. The van der Waals surface area contributed by atoms with Gasteiger partial charge in [0.1, 0.15) is 0 Å². The maximum absolute atomic E-state index is 12.2. The van der Waals surface area contributed by atoms with Crippen LogP contribution in [0.4, 0.5) is 5.69 Å². The number of hydrogen-bond donors (Lipinski definition) is 1. The SMILES string of the molecule is O=C(Nc1cccc2ncccc12)c1cnccc1Cl. The van der Waals surface area contributed by atoms with E-state index in [2.05, 4.69) is 15.3 Å². The van der Waals surface area contributed by atoms with E-state index in [1.54, 1.807) is 18.5 Å². The molecule has 0 fully saturated rings. The number of fused-ring (bicyclic) bond motifs is 1. The first-order valence-electron chi connectivity index (χ1n) is 6.00. The molecule has 1 amide bonds. The summed E-state index contributed by atoms with van der Waals surface area (Å²) >= 11 is 5.99. The van der Waals surface area contributed by atoms with Gasteiger partial charge in [-0.2, -0.15) is 0 Å². The van der Waals surface area contributed by atoms with Crippen LogP contribution in [0.1, 0.15) is 10.4 Å². The average Bonchev–Trinajstić information content (AvgIpc) is 2.48. The van der Waals surface area contributed by atoms with Crippen LogP contribution >= 0.6 is 11.6 Å². The minimum Gasteiger partial charge on any atom is -0.321 e. The number of carbonyl (C=O) groups is 1. The summed E-state index contributed by atoms with van der Waals surface area (Å²) in [5, 5.41) is 4.09. The first kappa shape index (κ1) is 12.6. The van der Waals surface area contributed by atoms with Crippen molar-refractivity contribution in [3.63, 3.8) is 0 Å². The van der Waals surface area contributed by atoms with Gasteiger partial charge in [0.2, 0.25) is 0 Å². The highest BCUT2D eigenvalue weighted by molar-refractivity contribution is 6.34. The second kappa shape index (κ2) is 5.27. The Morgan fingerprint density at radius 3 is 2.85 bits per heavy atom. The lowest BCUT2D eigenvalue weighted by Crippen LogP contribution is -2.13. The van der Waals surface area contributed by atoms with Crippen molar-refractivity contribution >= 4 is 34.1 Å². The highest BCUT2D eigenvalue weighted by Crippen LogP contribution is 2.23. The van der Waals surface area contributed by atoms with Crippen LogP contribution in [0.3, 0.4) is 0 Å². The van der Waals surface area contributed by atoms with Crippen LogP contribution in [0.2, 0.25) is 5.02 Å². The molecular weight excluding hydrogens is 274 g/mol. The van der Waals surface area contributed by atoms with Gasteiger partial charge in [-0.3, -0.25) is 14.8 Å². The zero-order valence-electron chi connectivity index (χ0n) is 10.4. The lowest BCUT2D eigenvalue weighted by molar-refractivity contribution is 0.102. The van der Waals surface area contributed by atoms with Crippen LogP contribution in [-0.2, 0) is 0 Å². The molecule has 20 heavy (non-hydrogen) atoms. The van der Waals surface area contributed by atoms with E-state index in [0.29, 0.717) is 16.3 Å². The van der Waals surface area contributed by atoms with Gasteiger partial charge in [0.25, 0.3) is 5.91 Å². The Hall–Kier alpha value is -2.46. The Morgan fingerprint density at radius 1 is 1.10 bits per heavy atom. The Labute approximate surface area is 120 Å². The van der Waals surface area contributed by atoms with Gasteiger partial charge >= 0.3 is 0 Å². The Bertz CT molecular complexity index is 783. The molecule has 0 aliphatic heterocycles. The van der Waals surface area contributed by atoms with Gasteiger partial charge in [-0.25, -0.2) is 0 Å². The van der Waals surface area contributed by atoms with Crippen molar-refractivity contribution in [3.8, 4) is 0 Å². The molecule has 2 aromatic heterocycles. The van der Waals surface area contributed by atoms with Crippen molar-refractivity contribution < 1.29 is 4.79 Å². The number of nitrogens with zero attached hydrogens (tertiary/aromatic N) is 2. The van der Waals surface area contributed by atoms with E-state index in [0.717, 1.165) is 10.9 Å². The fraction of sp³-hybridized carbons (Fsp3) is 0. The Kier molecular flexibility index (Phi) is 3.31. The highest BCUT2D eigenvalue weighted by Gasteiger charge is 2.11. The standard InChI is InChI=1S/C15H10ClN3O/c16-12-6-8-17-9-11(12)15(20)19-14-5-1-4-13-10(14)3-2-7-18-13/h1-9H,(H,19,20). The fourth-order valence-electron chi connectivity index (χ4n) is 1.95. The Balaban J connectivity index is 1.98. The molecule has 0 aliphatic carbocycles. The molecular formula is C15H10ClN3O. The summed E-state index contributed by atoms with van der Waals surface area (Å²) < 4.78 is 0. The molecule has 3 rings (SSSR count). The van der Waals surface area contributed by atoms with Gasteiger partial charge in [0, 0.05) is 24.0 Å². The van der Waals surface area contributed by atoms with Crippen molar-refractivity contribution in [1.82, 2.24) is 9.97 Å². The van der Waals surface area contributed by atoms with Crippen LogP contribution in [0, 0.1) is 0 Å². The number of pyridine rings is 2. The number of aromatic nitrogens is 2. The molecule has 2 heterocycles. The largest absolute Gasteiger partial charge is 0.321 e. The van der Waals surface area contributed by atoms with Gasteiger partial charge in [-0.1, -0.05) is 17.7 Å². The fourth-order valence-corrected chi connectivity index (χ4v) is 2.14. The van der Waals surface area contributed by atoms with Crippen LogP contribution in [0.25, 0.3) is 10.9 Å². The second-order valence-electron chi connectivity index (χ2n) is 4.19. The molecule has 0 atom stereocenters. The van der Waals surface area contributed by atoms with E-state index in [4.69, 9.17) is 11.6 Å². The van der Waals surface area contributed by atoms with Crippen molar-refractivity contribution in [3.05, 3.63) is 65.6 Å². The van der Waals surface area contributed by atoms with E-state index < -0.39 is 0 Å². The molecule has 0 saturated heterocycles. The van der Waals surface area contributed by atoms with Crippen molar-refractivity contribution in [2.45, 2.75) is 0 Å². The highest BCUT2D eigenvalue weighted by atomic mass is 35.5. The third-order valence-corrected chi connectivity index (χ3v) is 3.24. The van der Waals surface area contributed by atoms with Crippen LogP contribution in [-0.4, -0.2) is 15.9 Å². The van der Waals surface area contributed by atoms with E-state index >= 15 is 0 Å². The molecule has 0 bridgehead atoms. The summed E-state index contributed by atoms with van der Waals surface area (Å²) in [6.07, 6.45) is 4.70. The van der Waals surface area contributed by atoms with Crippen molar-refractivity contribution in [1.29, 1.82) is 0 Å². The molecule has 0 spiro atoms. The lowest BCUT2D eigenvalue weighted by atomic mass is 10.1. The number of nitrogens with one attached hydrogen (secondary N) is 1. The van der Waals surface area contributed by atoms with E-state index in [1.165, 1.54) is 6.20 Å². The predicted octanol–water partition coefficient (Wildman–Crippen LogP) is 3.54. The summed E-state index contributed by atoms with van der Waals surface area (Å²) in [4.78, 5) is 20.4. The zero-order valence-corrected chi connectivity index (χ0v) is 11.1. The van der Waals surface area contributed by atoms with E-state index in [1.807, 2.05) is 30.3 Å². The van der Waals surface area contributed by atoms with Crippen LogP contribution in [0.5, 0.6) is 0 Å². The number of amides is 1. The van der Waals surface area contributed by atoms with Gasteiger partial charge in [-0.05, 0) is 30.3 Å². The predicted molar refractivity (Wildman–Crippen MR) is 78.9 cm³/mol. The molecule has 0 saturated carbocycles. The number of hydrogen-bond acceptors (Lipinski definition) is 3. The summed E-state index contributed by atoms with van der Waals surface area (Å²) in [6.45, 7) is 0. The topological polar surface area (TPSA) is 54.9 Å². The normalized spacial score (nSPS) is 10.4. The van der Waals surface area contributed by atoms with Gasteiger partial charge < -0.3 is 5.32 Å². The maximum Gasteiger partial charge on any atom is 0.258 e. The molecule has 3 aromatic rings. The molecule has 0 radical (unpaired) electrons. The van der Waals surface area contributed by atoms with E-state index in [-0.39, 0.29) is 5.91 Å². The van der Waals surface area contributed by atoms with Crippen molar-refractivity contribution in [2.75, 3.05) is 5.32 Å². The third-order valence-electron chi connectivity index (χ3n) is 2.91. The molecule has 0 unspecified atom stereocenters.